The third-order valence-electron chi connectivity index (χ3n) is 6.35. The van der Waals surface area contributed by atoms with Crippen molar-refractivity contribution in [2.45, 2.75) is 50.0 Å². The lowest BCUT2D eigenvalue weighted by molar-refractivity contribution is -0.118. The second-order valence-electron chi connectivity index (χ2n) is 8.85. The zero-order chi connectivity index (χ0) is 23.8. The molecule has 4 rings (SSSR count). The van der Waals surface area contributed by atoms with Crippen molar-refractivity contribution in [1.29, 1.82) is 0 Å². The van der Waals surface area contributed by atoms with Crippen LogP contribution in [0.5, 0.6) is 0 Å². The molecule has 34 heavy (non-hydrogen) atoms. The van der Waals surface area contributed by atoms with Crippen LogP contribution in [0.3, 0.4) is 0 Å². The molecule has 1 heterocycles. The van der Waals surface area contributed by atoms with E-state index in [9.17, 15) is 9.59 Å². The minimum absolute atomic E-state index is 0.0251. The van der Waals surface area contributed by atoms with Gasteiger partial charge in [-0.15, -0.1) is 11.8 Å². The highest BCUT2D eigenvalue weighted by Crippen LogP contribution is 2.25. The molecule has 7 heteroatoms. The quantitative estimate of drug-likeness (QED) is 0.419. The number of carbonyl (C=O) groups is 2. The molecular formula is C27H32N4O2S. The number of rotatable bonds is 9. The van der Waals surface area contributed by atoms with E-state index >= 15 is 0 Å². The van der Waals surface area contributed by atoms with Gasteiger partial charge < -0.3 is 15.2 Å². The molecule has 2 aromatic carbocycles. The zero-order valence-electron chi connectivity index (χ0n) is 19.6. The molecular weight excluding hydrogens is 444 g/mol. The average Bonchev–Trinajstić information content (AvgIpc) is 3.42. The fourth-order valence-electron chi connectivity index (χ4n) is 4.33. The predicted octanol–water partition coefficient (Wildman–Crippen LogP) is 5.15. The summed E-state index contributed by atoms with van der Waals surface area (Å²) in [7, 11) is 0. The van der Waals surface area contributed by atoms with Crippen molar-refractivity contribution < 1.29 is 9.59 Å². The topological polar surface area (TPSA) is 76.0 Å². The first-order valence-corrected chi connectivity index (χ1v) is 13.0. The molecule has 1 aliphatic carbocycles. The van der Waals surface area contributed by atoms with Crippen LogP contribution in [-0.4, -0.2) is 33.7 Å². The summed E-state index contributed by atoms with van der Waals surface area (Å²) in [5.74, 6) is 0.799. The highest BCUT2D eigenvalue weighted by atomic mass is 32.2. The summed E-state index contributed by atoms with van der Waals surface area (Å²) in [5.41, 5.74) is 2.63. The highest BCUT2D eigenvalue weighted by Gasteiger charge is 2.17. The molecule has 1 fully saturated rings. The standard InChI is InChI=1S/C27H32N4O2S/c1-20(22-11-13-23(14-12-22)31-16-15-28-19-31)30-27(33)24-9-5-6-10-25(24)34-18-26(32)29-17-21-7-3-2-4-8-21/h5-6,9-16,19-21H,2-4,7-8,17-18H2,1H3,(H,29,32)(H,30,33)/t20-/m0/s1. The lowest BCUT2D eigenvalue weighted by Crippen LogP contribution is -2.31. The van der Waals surface area contributed by atoms with Crippen molar-refractivity contribution in [3.63, 3.8) is 0 Å². The van der Waals surface area contributed by atoms with Gasteiger partial charge in [0.05, 0.1) is 23.7 Å². The molecule has 2 N–H and O–H groups in total. The van der Waals surface area contributed by atoms with Crippen molar-refractivity contribution in [2.24, 2.45) is 5.92 Å². The average molecular weight is 477 g/mol. The van der Waals surface area contributed by atoms with E-state index in [1.165, 1.54) is 43.9 Å². The molecule has 0 aliphatic heterocycles. The van der Waals surface area contributed by atoms with Crippen molar-refractivity contribution in [1.82, 2.24) is 20.2 Å². The number of imidazole rings is 1. The maximum Gasteiger partial charge on any atom is 0.252 e. The van der Waals surface area contributed by atoms with Crippen LogP contribution < -0.4 is 10.6 Å². The van der Waals surface area contributed by atoms with Crippen LogP contribution >= 0.6 is 11.8 Å². The third-order valence-corrected chi connectivity index (χ3v) is 7.42. The first-order valence-electron chi connectivity index (χ1n) is 12.0. The first-order chi connectivity index (χ1) is 16.6. The highest BCUT2D eigenvalue weighted by molar-refractivity contribution is 8.00. The summed E-state index contributed by atoms with van der Waals surface area (Å²) < 4.78 is 1.94. The van der Waals surface area contributed by atoms with Crippen molar-refractivity contribution in [3.8, 4) is 5.69 Å². The van der Waals surface area contributed by atoms with Crippen LogP contribution in [0, 0.1) is 5.92 Å². The Kier molecular flexibility index (Phi) is 8.41. The Morgan fingerprint density at radius 1 is 1.09 bits per heavy atom. The van der Waals surface area contributed by atoms with Gasteiger partial charge in [-0.25, -0.2) is 4.98 Å². The molecule has 6 nitrogen and oxygen atoms in total. The van der Waals surface area contributed by atoms with E-state index in [-0.39, 0.29) is 17.9 Å². The number of hydrogen-bond acceptors (Lipinski definition) is 4. The van der Waals surface area contributed by atoms with Crippen LogP contribution in [0.4, 0.5) is 0 Å². The zero-order valence-corrected chi connectivity index (χ0v) is 20.4. The number of nitrogens with one attached hydrogen (secondary N) is 2. The molecule has 2 amide bonds. The Hall–Kier alpha value is -3.06. The van der Waals surface area contributed by atoms with Gasteiger partial charge in [-0.3, -0.25) is 9.59 Å². The molecule has 3 aromatic rings. The van der Waals surface area contributed by atoms with Gasteiger partial charge in [0.2, 0.25) is 5.91 Å². The number of benzene rings is 2. The summed E-state index contributed by atoms with van der Waals surface area (Å²) in [6.07, 6.45) is 11.7. The molecule has 0 unspecified atom stereocenters. The second-order valence-corrected chi connectivity index (χ2v) is 9.87. The summed E-state index contributed by atoms with van der Waals surface area (Å²) in [4.78, 5) is 30.3. The van der Waals surface area contributed by atoms with E-state index in [1.807, 2.05) is 66.2 Å². The van der Waals surface area contributed by atoms with Gasteiger partial charge in [0.25, 0.3) is 5.91 Å². The van der Waals surface area contributed by atoms with Crippen LogP contribution in [0.2, 0.25) is 0 Å². The fraction of sp³-hybridized carbons (Fsp3) is 0.370. The van der Waals surface area contributed by atoms with Gasteiger partial charge in [-0.1, -0.05) is 43.5 Å². The Morgan fingerprint density at radius 2 is 1.85 bits per heavy atom. The van der Waals surface area contributed by atoms with Gasteiger partial charge in [0.15, 0.2) is 0 Å². The summed E-state index contributed by atoms with van der Waals surface area (Å²) in [6.45, 7) is 2.73. The number of amides is 2. The van der Waals surface area contributed by atoms with Crippen LogP contribution in [-0.2, 0) is 4.79 Å². The monoisotopic (exact) mass is 476 g/mol. The second kappa shape index (κ2) is 11.9. The lowest BCUT2D eigenvalue weighted by Gasteiger charge is -2.21. The van der Waals surface area contributed by atoms with Gasteiger partial charge in [0.1, 0.15) is 0 Å². The molecule has 1 saturated carbocycles. The van der Waals surface area contributed by atoms with Crippen molar-refractivity contribution >= 4 is 23.6 Å². The molecule has 178 valence electrons. The first kappa shape index (κ1) is 24.1. The maximum atomic E-state index is 13.0. The number of thioether (sulfide) groups is 1. The Balaban J connectivity index is 1.31. The number of carbonyl (C=O) groups excluding carboxylic acids is 2. The Labute approximate surface area is 205 Å². The number of hydrogen-bond donors (Lipinski definition) is 2. The fourth-order valence-corrected chi connectivity index (χ4v) is 5.21. The van der Waals surface area contributed by atoms with E-state index in [0.717, 1.165) is 22.7 Å². The lowest BCUT2D eigenvalue weighted by atomic mass is 9.89. The van der Waals surface area contributed by atoms with E-state index in [1.54, 1.807) is 12.5 Å². The molecule has 0 radical (unpaired) electrons. The Morgan fingerprint density at radius 3 is 2.59 bits per heavy atom. The maximum absolute atomic E-state index is 13.0. The Bertz CT molecular complexity index is 1080. The van der Waals surface area contributed by atoms with Crippen molar-refractivity contribution in [2.75, 3.05) is 12.3 Å². The molecule has 0 spiro atoms. The van der Waals surface area contributed by atoms with Gasteiger partial charge in [-0.2, -0.15) is 0 Å². The van der Waals surface area contributed by atoms with Gasteiger partial charge in [-0.05, 0) is 55.5 Å². The predicted molar refractivity (Wildman–Crippen MR) is 136 cm³/mol. The van der Waals surface area contributed by atoms with Crippen LogP contribution in [0.1, 0.15) is 61.0 Å². The summed E-state index contributed by atoms with van der Waals surface area (Å²) in [6, 6.07) is 15.4. The molecule has 1 aromatic heterocycles. The van der Waals surface area contributed by atoms with Crippen LogP contribution in [0.15, 0.2) is 72.1 Å². The van der Waals surface area contributed by atoms with Crippen molar-refractivity contribution in [3.05, 3.63) is 78.4 Å². The van der Waals surface area contributed by atoms with E-state index < -0.39 is 0 Å². The normalized spacial score (nSPS) is 15.0. The smallest absolute Gasteiger partial charge is 0.252 e. The molecule has 1 aliphatic rings. The van der Waals surface area contributed by atoms with E-state index in [2.05, 4.69) is 15.6 Å². The van der Waals surface area contributed by atoms with E-state index in [4.69, 9.17) is 0 Å². The molecule has 0 saturated heterocycles. The summed E-state index contributed by atoms with van der Waals surface area (Å²) in [5, 5.41) is 6.16. The van der Waals surface area contributed by atoms with E-state index in [0.29, 0.717) is 17.2 Å². The third kappa shape index (κ3) is 6.50. The molecule has 0 bridgehead atoms. The largest absolute Gasteiger partial charge is 0.355 e. The molecule has 1 atom stereocenters. The van der Waals surface area contributed by atoms with Crippen LogP contribution in [0.25, 0.3) is 5.69 Å². The number of nitrogens with zero attached hydrogens (tertiary/aromatic N) is 2. The van der Waals surface area contributed by atoms with Gasteiger partial charge in [0, 0.05) is 29.5 Å². The minimum Gasteiger partial charge on any atom is -0.355 e. The van der Waals surface area contributed by atoms with Gasteiger partial charge >= 0.3 is 0 Å². The minimum atomic E-state index is -0.152. The summed E-state index contributed by atoms with van der Waals surface area (Å²) >= 11 is 1.41. The number of aromatic nitrogens is 2. The SMILES string of the molecule is C[C@H](NC(=O)c1ccccc1SCC(=O)NCC1CCCCC1)c1ccc(-n2ccnc2)cc1.